The molecule has 0 fully saturated rings. The van der Waals surface area contributed by atoms with Crippen molar-refractivity contribution in [3.8, 4) is 0 Å². The first-order valence-corrected chi connectivity index (χ1v) is 10.0. The minimum Gasteiger partial charge on any atom is -0.360 e. The third kappa shape index (κ3) is 3.24. The number of para-hydroxylation sites is 1. The van der Waals surface area contributed by atoms with E-state index in [1.807, 2.05) is 0 Å². The summed E-state index contributed by atoms with van der Waals surface area (Å²) in [6, 6.07) is 8.36. The van der Waals surface area contributed by atoms with Gasteiger partial charge in [-0.15, -0.1) is 0 Å². The number of rotatable bonds is 6. The van der Waals surface area contributed by atoms with Crippen molar-refractivity contribution in [3.05, 3.63) is 34.8 Å². The molecule has 0 radical (unpaired) electrons. The molecule has 0 unspecified atom stereocenters. The number of anilines is 2. The van der Waals surface area contributed by atoms with Gasteiger partial charge in [0.05, 0.1) is 22.5 Å². The Morgan fingerprint density at radius 1 is 1.17 bits per heavy atom. The number of nitrogens with one attached hydrogen (secondary N) is 2. The van der Waals surface area contributed by atoms with E-state index in [0.717, 1.165) is 54.9 Å². The fourth-order valence-electron chi connectivity index (χ4n) is 2.86. The van der Waals surface area contributed by atoms with Crippen LogP contribution in [0.15, 0.2) is 24.3 Å². The number of hydrogen-bond acceptors (Lipinski definition) is 7. The quantitative estimate of drug-likeness (QED) is 0.661. The van der Waals surface area contributed by atoms with E-state index in [1.165, 1.54) is 15.3 Å². The van der Waals surface area contributed by atoms with E-state index in [4.69, 9.17) is 9.97 Å². The number of likely N-dealkylation sites (N-methyl/N-ethyl adjacent to an activating group) is 1. The van der Waals surface area contributed by atoms with Gasteiger partial charge < -0.3 is 15.5 Å². The van der Waals surface area contributed by atoms with Gasteiger partial charge in [-0.2, -0.15) is 0 Å². The molecule has 0 aliphatic carbocycles. The Morgan fingerprint density at radius 2 is 2.08 bits per heavy atom. The van der Waals surface area contributed by atoms with Crippen LogP contribution in [-0.2, 0) is 13.0 Å². The highest BCUT2D eigenvalue weighted by atomic mass is 32.1. The average molecular weight is 360 g/mol. The predicted octanol–water partition coefficient (Wildman–Crippen LogP) is 3.34. The summed E-state index contributed by atoms with van der Waals surface area (Å²) in [4.78, 5) is 13.3. The molecule has 4 rings (SSSR count). The lowest BCUT2D eigenvalue weighted by molar-refractivity contribution is 0.725. The van der Waals surface area contributed by atoms with Crippen LogP contribution in [0.2, 0.25) is 0 Å². The number of thiazole rings is 2. The number of aromatic nitrogens is 2. The largest absolute Gasteiger partial charge is 0.360 e. The Morgan fingerprint density at radius 3 is 2.96 bits per heavy atom. The van der Waals surface area contributed by atoms with Crippen molar-refractivity contribution in [2.75, 3.05) is 36.4 Å². The molecule has 0 atom stereocenters. The summed E-state index contributed by atoms with van der Waals surface area (Å²) in [5.41, 5.74) is 2.35. The summed E-state index contributed by atoms with van der Waals surface area (Å²) in [5.74, 6) is 0. The van der Waals surface area contributed by atoms with Crippen LogP contribution in [0.1, 0.15) is 17.5 Å². The summed E-state index contributed by atoms with van der Waals surface area (Å²) >= 11 is 3.56. The molecular weight excluding hydrogens is 338 g/mol. The van der Waals surface area contributed by atoms with Crippen molar-refractivity contribution in [3.63, 3.8) is 0 Å². The minimum absolute atomic E-state index is 0.918. The molecule has 0 spiro atoms. The zero-order chi connectivity index (χ0) is 16.4. The maximum absolute atomic E-state index is 4.79. The van der Waals surface area contributed by atoms with E-state index in [9.17, 15) is 0 Å². The lowest BCUT2D eigenvalue weighted by Gasteiger charge is -2.25. The van der Waals surface area contributed by atoms with E-state index in [0.29, 0.717) is 0 Å². The van der Waals surface area contributed by atoms with E-state index in [1.54, 1.807) is 22.7 Å². The van der Waals surface area contributed by atoms with Crippen molar-refractivity contribution >= 4 is 43.2 Å². The van der Waals surface area contributed by atoms with Gasteiger partial charge in [0, 0.05) is 30.9 Å². The molecular formula is C17H21N5S2. The highest BCUT2D eigenvalue weighted by Gasteiger charge is 2.22. The lowest BCUT2D eigenvalue weighted by atomic mass is 10.2. The van der Waals surface area contributed by atoms with E-state index >= 15 is 0 Å². The predicted molar refractivity (Wildman–Crippen MR) is 104 cm³/mol. The van der Waals surface area contributed by atoms with Gasteiger partial charge in [-0.3, -0.25) is 0 Å². The van der Waals surface area contributed by atoms with Crippen molar-refractivity contribution in [1.29, 1.82) is 0 Å². The maximum atomic E-state index is 4.79. The molecule has 126 valence electrons. The van der Waals surface area contributed by atoms with Crippen LogP contribution in [0.4, 0.5) is 10.3 Å². The Kier molecular flexibility index (Phi) is 4.64. The highest BCUT2D eigenvalue weighted by molar-refractivity contribution is 7.22. The van der Waals surface area contributed by atoms with Crippen LogP contribution < -0.4 is 15.5 Å². The molecule has 24 heavy (non-hydrogen) atoms. The van der Waals surface area contributed by atoms with Gasteiger partial charge in [-0.25, -0.2) is 9.97 Å². The van der Waals surface area contributed by atoms with Crippen LogP contribution in [0.3, 0.4) is 0 Å². The first kappa shape index (κ1) is 15.8. The van der Waals surface area contributed by atoms with Gasteiger partial charge in [0.2, 0.25) is 0 Å². The molecule has 3 aromatic rings. The fraction of sp³-hybridized carbons (Fsp3) is 0.412. The van der Waals surface area contributed by atoms with Gasteiger partial charge >= 0.3 is 0 Å². The molecule has 2 N–H and O–H groups in total. The molecule has 2 aromatic heterocycles. The SMILES string of the molecule is CCNCCNc1nc2c(s1)CN(c1nc3ccccc3s1)CC2. The number of nitrogens with zero attached hydrogens (tertiary/aromatic N) is 3. The monoisotopic (exact) mass is 359 g/mol. The maximum Gasteiger partial charge on any atom is 0.186 e. The molecule has 7 heteroatoms. The molecule has 0 amide bonds. The first-order chi connectivity index (χ1) is 11.8. The van der Waals surface area contributed by atoms with Crippen LogP contribution in [0, 0.1) is 0 Å². The molecule has 1 aliphatic rings. The van der Waals surface area contributed by atoms with Crippen LogP contribution in [-0.4, -0.2) is 36.1 Å². The summed E-state index contributed by atoms with van der Waals surface area (Å²) in [7, 11) is 0. The summed E-state index contributed by atoms with van der Waals surface area (Å²) in [5, 5.41) is 8.91. The van der Waals surface area contributed by atoms with Crippen LogP contribution >= 0.6 is 22.7 Å². The molecule has 1 aliphatic heterocycles. The zero-order valence-corrected chi connectivity index (χ0v) is 15.3. The van der Waals surface area contributed by atoms with Gasteiger partial charge in [0.15, 0.2) is 10.3 Å². The second-order valence-electron chi connectivity index (χ2n) is 5.80. The minimum atomic E-state index is 0.918. The lowest BCUT2D eigenvalue weighted by Crippen LogP contribution is -2.29. The zero-order valence-electron chi connectivity index (χ0n) is 13.7. The van der Waals surface area contributed by atoms with Gasteiger partial charge in [0.1, 0.15) is 0 Å². The molecule has 5 nitrogen and oxygen atoms in total. The topological polar surface area (TPSA) is 53.1 Å². The summed E-state index contributed by atoms with van der Waals surface area (Å²) in [6.45, 7) is 6.93. The van der Waals surface area contributed by atoms with E-state index < -0.39 is 0 Å². The molecule has 0 saturated heterocycles. The van der Waals surface area contributed by atoms with Crippen molar-refractivity contribution in [1.82, 2.24) is 15.3 Å². The Labute approximate surface area is 149 Å². The third-order valence-electron chi connectivity index (χ3n) is 4.11. The molecule has 0 saturated carbocycles. The van der Waals surface area contributed by atoms with Crippen LogP contribution in [0.25, 0.3) is 10.2 Å². The molecule has 0 bridgehead atoms. The van der Waals surface area contributed by atoms with E-state index in [-0.39, 0.29) is 0 Å². The molecule has 3 heterocycles. The van der Waals surface area contributed by atoms with Crippen molar-refractivity contribution in [2.24, 2.45) is 0 Å². The van der Waals surface area contributed by atoms with Crippen LogP contribution in [0.5, 0.6) is 0 Å². The number of benzene rings is 1. The first-order valence-electron chi connectivity index (χ1n) is 8.37. The number of fused-ring (bicyclic) bond motifs is 2. The normalized spacial score (nSPS) is 14.1. The molecule has 1 aromatic carbocycles. The smallest absolute Gasteiger partial charge is 0.186 e. The van der Waals surface area contributed by atoms with Gasteiger partial charge in [-0.1, -0.05) is 41.7 Å². The average Bonchev–Trinajstić information content (AvgIpc) is 3.21. The Bertz CT molecular complexity index is 792. The summed E-state index contributed by atoms with van der Waals surface area (Å²) < 4.78 is 1.26. The van der Waals surface area contributed by atoms with Gasteiger partial charge in [-0.05, 0) is 18.7 Å². The summed E-state index contributed by atoms with van der Waals surface area (Å²) in [6.07, 6.45) is 0.997. The number of hydrogen-bond donors (Lipinski definition) is 2. The van der Waals surface area contributed by atoms with E-state index in [2.05, 4.69) is 46.7 Å². The second kappa shape index (κ2) is 7.04. The Balaban J connectivity index is 1.46. The Hall–Kier alpha value is -1.70. The third-order valence-corrected chi connectivity index (χ3v) is 6.25. The standard InChI is InChI=1S/C17H21N5S2/c1-2-18-8-9-19-16-20-13-7-10-22(11-15(13)23-16)17-21-12-5-3-4-6-14(12)24-17/h3-6,18H,2,7-11H2,1H3,(H,19,20). The highest BCUT2D eigenvalue weighted by Crippen LogP contribution is 2.34. The second-order valence-corrected chi connectivity index (χ2v) is 7.90. The fourth-order valence-corrected chi connectivity index (χ4v) is 4.90. The van der Waals surface area contributed by atoms with Crippen molar-refractivity contribution in [2.45, 2.75) is 19.9 Å². The van der Waals surface area contributed by atoms with Crippen molar-refractivity contribution < 1.29 is 0 Å². The van der Waals surface area contributed by atoms with Gasteiger partial charge in [0.25, 0.3) is 0 Å².